The minimum absolute atomic E-state index is 0.0379. The van der Waals surface area contributed by atoms with E-state index in [0.717, 1.165) is 44.9 Å². The molecule has 0 aromatic carbocycles. The molecule has 4 bridgehead atoms. The Morgan fingerprint density at radius 2 is 1.20 bits per heavy atom. The molecule has 10 heteroatoms. The SMILES string of the molecule is C[C@@H]1CCC2[C@@H](C)C(=O)OC3O[C@]4(C)CCC1[C@]32OO4.C[C@H]1C(O)OC2O[C@]3(C)CCC4[C@H](C)CCC1[C@@]24OO3. The van der Waals surface area contributed by atoms with Crippen molar-refractivity contribution in [2.24, 2.45) is 47.3 Å². The molecule has 8 heterocycles. The van der Waals surface area contributed by atoms with Crippen LogP contribution >= 0.6 is 0 Å². The highest BCUT2D eigenvalue weighted by atomic mass is 17.3. The number of carbonyl (C=O) groups excluding carboxylic acids is 1. The van der Waals surface area contributed by atoms with E-state index in [1.807, 2.05) is 27.7 Å². The molecule has 8 saturated heterocycles. The Bertz CT molecular complexity index is 1020. The Kier molecular flexibility index (Phi) is 6.51. The lowest BCUT2D eigenvalue weighted by atomic mass is 9.58. The van der Waals surface area contributed by atoms with Crippen LogP contribution in [0.4, 0.5) is 0 Å². The van der Waals surface area contributed by atoms with E-state index in [-0.39, 0.29) is 29.6 Å². The molecule has 10 fully saturated rings. The van der Waals surface area contributed by atoms with Crippen molar-refractivity contribution in [3.63, 3.8) is 0 Å². The molecule has 8 aliphatic heterocycles. The van der Waals surface area contributed by atoms with Crippen LogP contribution in [-0.4, -0.2) is 52.7 Å². The smallest absolute Gasteiger partial charge is 0.311 e. The third-order valence-corrected chi connectivity index (χ3v) is 12.1. The molecule has 10 aliphatic rings. The summed E-state index contributed by atoms with van der Waals surface area (Å²) in [6, 6.07) is 0. The zero-order valence-electron chi connectivity index (χ0n) is 24.6. The van der Waals surface area contributed by atoms with Crippen molar-refractivity contribution < 1.29 is 48.4 Å². The van der Waals surface area contributed by atoms with Crippen LogP contribution in [0.25, 0.3) is 0 Å². The van der Waals surface area contributed by atoms with Gasteiger partial charge < -0.3 is 24.1 Å². The third kappa shape index (κ3) is 3.79. The summed E-state index contributed by atoms with van der Waals surface area (Å²) in [5.41, 5.74) is -1.16. The Morgan fingerprint density at radius 1 is 0.675 bits per heavy atom. The molecule has 226 valence electrons. The minimum Gasteiger partial charge on any atom is -0.432 e. The molecule has 10 nitrogen and oxygen atoms in total. The Labute approximate surface area is 236 Å². The van der Waals surface area contributed by atoms with Crippen molar-refractivity contribution in [3.8, 4) is 0 Å². The summed E-state index contributed by atoms with van der Waals surface area (Å²) in [6.07, 6.45) is 5.97. The molecule has 7 unspecified atom stereocenters. The summed E-state index contributed by atoms with van der Waals surface area (Å²) in [5, 5.41) is 10.2. The highest BCUT2D eigenvalue weighted by molar-refractivity contribution is 5.74. The monoisotopic (exact) mass is 566 g/mol. The molecule has 10 rings (SSSR count). The average molecular weight is 567 g/mol. The fraction of sp³-hybridized carbons (Fsp3) is 0.967. The zero-order valence-corrected chi connectivity index (χ0v) is 24.6. The maximum atomic E-state index is 12.1. The van der Waals surface area contributed by atoms with Gasteiger partial charge in [-0.1, -0.05) is 27.7 Å². The second-order valence-corrected chi connectivity index (χ2v) is 14.4. The molecular formula is C30H46O10. The topological polar surface area (TPSA) is 111 Å². The van der Waals surface area contributed by atoms with Gasteiger partial charge in [-0.3, -0.25) is 4.79 Å². The van der Waals surface area contributed by atoms with Gasteiger partial charge in [0, 0.05) is 36.5 Å². The van der Waals surface area contributed by atoms with Crippen LogP contribution in [0.2, 0.25) is 0 Å². The number of aliphatic hydroxyl groups is 1. The van der Waals surface area contributed by atoms with Gasteiger partial charge in [0.2, 0.25) is 17.9 Å². The minimum atomic E-state index is -0.793. The van der Waals surface area contributed by atoms with Crippen LogP contribution in [0.3, 0.4) is 0 Å². The Balaban J connectivity index is 0.000000132. The third-order valence-electron chi connectivity index (χ3n) is 12.1. The second kappa shape index (κ2) is 9.32. The second-order valence-electron chi connectivity index (χ2n) is 14.4. The number of hydrogen-bond acceptors (Lipinski definition) is 10. The molecule has 15 atom stereocenters. The molecule has 2 saturated carbocycles. The molecule has 0 amide bonds. The number of rotatable bonds is 0. The van der Waals surface area contributed by atoms with Gasteiger partial charge in [-0.25, -0.2) is 19.6 Å². The van der Waals surface area contributed by atoms with Crippen molar-refractivity contribution in [2.45, 2.75) is 135 Å². The van der Waals surface area contributed by atoms with Crippen LogP contribution in [0, 0.1) is 47.3 Å². The quantitative estimate of drug-likeness (QED) is 0.330. The highest BCUT2D eigenvalue weighted by Crippen LogP contribution is 2.61. The summed E-state index contributed by atoms with van der Waals surface area (Å²) in [6.45, 7) is 12.3. The van der Waals surface area contributed by atoms with Crippen molar-refractivity contribution in [1.82, 2.24) is 0 Å². The summed E-state index contributed by atoms with van der Waals surface area (Å²) < 4.78 is 23.4. The van der Waals surface area contributed by atoms with Gasteiger partial charge >= 0.3 is 5.97 Å². The summed E-state index contributed by atoms with van der Waals surface area (Å²) in [4.78, 5) is 35.3. The molecule has 2 spiro atoms. The average Bonchev–Trinajstić information content (AvgIpc) is 3.28. The van der Waals surface area contributed by atoms with E-state index in [0.29, 0.717) is 23.7 Å². The van der Waals surface area contributed by atoms with E-state index in [1.165, 1.54) is 6.42 Å². The van der Waals surface area contributed by atoms with Gasteiger partial charge in [0.05, 0.1) is 5.92 Å². The standard InChI is InChI=1S/C15H24O5.C15H22O5/c2*1-8-4-5-11-9(2)12(16)17-13-15(11)10(8)6-7-14(3,18-13)19-20-15/h8-13,16H,4-7H2,1-3H3;8-11,13H,4-7H2,1-3H3/t8-,9-,10?,11?,12?,13?,14+,15-;8-,9-,10?,11?,13?,14+,15-/m11/s1. The molecule has 0 aromatic rings. The van der Waals surface area contributed by atoms with Crippen molar-refractivity contribution in [3.05, 3.63) is 0 Å². The van der Waals surface area contributed by atoms with Gasteiger partial charge in [-0.05, 0) is 70.1 Å². The first kappa shape index (κ1) is 28.0. The fourth-order valence-electron chi connectivity index (χ4n) is 9.65. The van der Waals surface area contributed by atoms with Crippen LogP contribution in [0.1, 0.15) is 92.9 Å². The first-order chi connectivity index (χ1) is 18.9. The van der Waals surface area contributed by atoms with Crippen molar-refractivity contribution in [2.75, 3.05) is 0 Å². The Hall–Kier alpha value is -0.850. The molecular weight excluding hydrogens is 520 g/mol. The molecule has 0 radical (unpaired) electrons. The highest BCUT2D eigenvalue weighted by Gasteiger charge is 2.71. The van der Waals surface area contributed by atoms with E-state index in [2.05, 4.69) is 13.8 Å². The summed E-state index contributed by atoms with van der Waals surface area (Å²) in [5.74, 6) is 0.300. The molecule has 0 aromatic heterocycles. The van der Waals surface area contributed by atoms with Crippen molar-refractivity contribution in [1.29, 1.82) is 0 Å². The number of ether oxygens (including phenoxy) is 4. The van der Waals surface area contributed by atoms with Crippen LogP contribution in [0.5, 0.6) is 0 Å². The summed E-state index contributed by atoms with van der Waals surface area (Å²) in [7, 11) is 0. The maximum absolute atomic E-state index is 12.1. The van der Waals surface area contributed by atoms with Gasteiger partial charge in [0.25, 0.3) is 0 Å². The largest absolute Gasteiger partial charge is 0.432 e. The first-order valence-corrected chi connectivity index (χ1v) is 15.6. The molecule has 40 heavy (non-hydrogen) atoms. The number of esters is 1. The number of aliphatic hydroxyl groups excluding tert-OH is 1. The fourth-order valence-corrected chi connectivity index (χ4v) is 9.65. The van der Waals surface area contributed by atoms with E-state index >= 15 is 0 Å². The lowest BCUT2D eigenvalue weighted by Crippen LogP contribution is -2.70. The Morgan fingerprint density at radius 3 is 1.80 bits per heavy atom. The lowest BCUT2D eigenvalue weighted by molar-refractivity contribution is -0.576. The van der Waals surface area contributed by atoms with Gasteiger partial charge in [0.15, 0.2) is 23.8 Å². The number of hydrogen-bond donors (Lipinski definition) is 1. The van der Waals surface area contributed by atoms with Crippen molar-refractivity contribution >= 4 is 5.97 Å². The van der Waals surface area contributed by atoms with E-state index in [4.69, 9.17) is 38.5 Å². The molecule has 2 aliphatic carbocycles. The maximum Gasteiger partial charge on any atom is 0.311 e. The van der Waals surface area contributed by atoms with E-state index in [1.54, 1.807) is 0 Å². The van der Waals surface area contributed by atoms with Crippen LogP contribution in [0.15, 0.2) is 0 Å². The normalized spacial score (nSPS) is 59.8. The van der Waals surface area contributed by atoms with Crippen LogP contribution in [-0.2, 0) is 43.3 Å². The first-order valence-electron chi connectivity index (χ1n) is 15.6. The number of carbonyl (C=O) groups is 1. The molecule has 1 N–H and O–H groups in total. The van der Waals surface area contributed by atoms with Gasteiger partial charge in [-0.15, -0.1) is 0 Å². The number of fused-ring (bicyclic) bond motifs is 4. The zero-order chi connectivity index (χ0) is 28.2. The van der Waals surface area contributed by atoms with Gasteiger partial charge in [0.1, 0.15) is 0 Å². The predicted molar refractivity (Wildman–Crippen MR) is 137 cm³/mol. The van der Waals surface area contributed by atoms with Gasteiger partial charge in [-0.2, -0.15) is 0 Å². The van der Waals surface area contributed by atoms with Crippen LogP contribution < -0.4 is 0 Å². The van der Waals surface area contributed by atoms with E-state index in [9.17, 15) is 9.90 Å². The van der Waals surface area contributed by atoms with E-state index < -0.39 is 41.6 Å². The summed E-state index contributed by atoms with van der Waals surface area (Å²) >= 11 is 0. The predicted octanol–water partition coefficient (Wildman–Crippen LogP) is 4.58. The lowest BCUT2D eigenvalue weighted by Gasteiger charge is -2.59.